The van der Waals surface area contributed by atoms with Gasteiger partial charge in [0.2, 0.25) is 0 Å². The first kappa shape index (κ1) is 60.5. The standard InChI is InChI=1S/C62H85O10Si3/c1-8-9-10-11-12-13-15-18-21-24-46-66-56-40-34-52(35-41-56)61(64)69-58-44-36-53(37-45-58)62(65)70-59-29-27-28-54(49-59)50-30-42-57(43-31-50)68-60(63)51-32-38-55(39-33-51)67-47-25-22-19-16-14-17-20-23-26-48-73(71-74(2,3)4)72-75(5,6)7/h27-45,49H,8-26,46-48H2,1-7H3. The summed E-state index contributed by atoms with van der Waals surface area (Å²) in [7, 11) is -4.33. The molecular weight excluding hydrogens is 989 g/mol. The zero-order valence-corrected chi connectivity index (χ0v) is 49.2. The summed E-state index contributed by atoms with van der Waals surface area (Å²) < 4.78 is 41.7. The van der Waals surface area contributed by atoms with Crippen LogP contribution in [-0.2, 0) is 8.23 Å². The van der Waals surface area contributed by atoms with E-state index in [2.05, 4.69) is 46.2 Å². The molecule has 0 aliphatic rings. The summed E-state index contributed by atoms with van der Waals surface area (Å²) in [5.74, 6) is 1.00. The summed E-state index contributed by atoms with van der Waals surface area (Å²) in [5, 5.41) is 0. The van der Waals surface area contributed by atoms with Gasteiger partial charge in [0, 0.05) is 0 Å². The van der Waals surface area contributed by atoms with Crippen LogP contribution in [-0.4, -0.2) is 57.0 Å². The van der Waals surface area contributed by atoms with Crippen LogP contribution in [0.25, 0.3) is 11.1 Å². The van der Waals surface area contributed by atoms with Gasteiger partial charge < -0.3 is 31.9 Å². The summed E-state index contributed by atoms with van der Waals surface area (Å²) >= 11 is 0. The molecule has 405 valence electrons. The lowest BCUT2D eigenvalue weighted by molar-refractivity contribution is 0.0723. The molecule has 0 N–H and O–H groups in total. The molecule has 0 atom stereocenters. The number of hydrogen-bond acceptors (Lipinski definition) is 10. The Morgan fingerprint density at radius 1 is 0.373 bits per heavy atom. The van der Waals surface area contributed by atoms with E-state index in [9.17, 15) is 14.4 Å². The molecule has 5 aromatic rings. The molecule has 0 aliphatic heterocycles. The molecule has 0 fully saturated rings. The Bertz CT molecular complexity index is 2400. The SMILES string of the molecule is CCCCCCCCCCCCOc1ccc(C(=O)Oc2ccc(C(=O)Oc3cccc(-c4ccc(OC(=O)c5ccc(OCCCCCCCCCCC[Si](O[Si](C)(C)C)O[Si](C)(C)C)cc5)cc4)c3)cc2)cc1. The Kier molecular flexibility index (Phi) is 26.6. The largest absolute Gasteiger partial charge is 0.494 e. The van der Waals surface area contributed by atoms with Gasteiger partial charge in [-0.25, -0.2) is 14.4 Å². The molecule has 10 nitrogen and oxygen atoms in total. The van der Waals surface area contributed by atoms with Gasteiger partial charge in [-0.2, -0.15) is 0 Å². The van der Waals surface area contributed by atoms with E-state index in [1.54, 1.807) is 103 Å². The molecule has 0 bridgehead atoms. The first-order valence-corrected chi connectivity index (χ1v) is 36.1. The topological polar surface area (TPSA) is 116 Å². The third kappa shape index (κ3) is 24.9. The van der Waals surface area contributed by atoms with Crippen LogP contribution in [0.2, 0.25) is 45.3 Å². The average Bonchev–Trinajstić information content (AvgIpc) is 3.38. The van der Waals surface area contributed by atoms with Gasteiger partial charge >= 0.3 is 27.2 Å². The van der Waals surface area contributed by atoms with Crippen molar-refractivity contribution in [2.45, 2.75) is 174 Å². The third-order valence-corrected chi connectivity index (χ3v) is 19.8. The Balaban J connectivity index is 0.938. The molecule has 1 radical (unpaired) electrons. The van der Waals surface area contributed by atoms with Crippen molar-refractivity contribution in [3.8, 4) is 39.9 Å². The smallest absolute Gasteiger partial charge is 0.362 e. The zero-order chi connectivity index (χ0) is 53.7. The van der Waals surface area contributed by atoms with Crippen molar-refractivity contribution in [3.05, 3.63) is 138 Å². The Morgan fingerprint density at radius 2 is 0.720 bits per heavy atom. The summed E-state index contributed by atoms with van der Waals surface area (Å²) in [5.41, 5.74) is 2.79. The van der Waals surface area contributed by atoms with E-state index in [0.717, 1.165) is 54.4 Å². The van der Waals surface area contributed by atoms with E-state index in [0.29, 0.717) is 47.2 Å². The van der Waals surface area contributed by atoms with E-state index >= 15 is 0 Å². The van der Waals surface area contributed by atoms with E-state index in [4.69, 9.17) is 31.9 Å². The van der Waals surface area contributed by atoms with Crippen molar-refractivity contribution in [2.75, 3.05) is 13.2 Å². The number of rotatable bonds is 36. The molecule has 0 heterocycles. The summed E-state index contributed by atoms with van der Waals surface area (Å²) in [4.78, 5) is 39.0. The van der Waals surface area contributed by atoms with Gasteiger partial charge in [-0.05, 0) is 166 Å². The van der Waals surface area contributed by atoms with Crippen LogP contribution in [0, 0.1) is 0 Å². The second kappa shape index (κ2) is 33.0. The Morgan fingerprint density at radius 3 is 1.12 bits per heavy atom. The predicted octanol–water partition coefficient (Wildman–Crippen LogP) is 17.4. The molecule has 75 heavy (non-hydrogen) atoms. The summed E-state index contributed by atoms with van der Waals surface area (Å²) in [6.45, 7) is 17.1. The minimum Gasteiger partial charge on any atom is -0.494 e. The predicted molar refractivity (Wildman–Crippen MR) is 310 cm³/mol. The molecule has 0 saturated carbocycles. The lowest BCUT2D eigenvalue weighted by atomic mass is 10.1. The number of carbonyl (C=O) groups is 3. The van der Waals surface area contributed by atoms with Crippen LogP contribution in [0.15, 0.2) is 121 Å². The maximum atomic E-state index is 13.1. The fraction of sp³-hybridized carbons (Fsp3) is 0.468. The lowest BCUT2D eigenvalue weighted by Gasteiger charge is -2.29. The second-order valence-corrected chi connectivity index (χ2v) is 32.7. The molecule has 0 amide bonds. The lowest BCUT2D eigenvalue weighted by Crippen LogP contribution is -2.43. The number of esters is 3. The molecule has 0 unspecified atom stereocenters. The fourth-order valence-corrected chi connectivity index (χ4v) is 15.7. The third-order valence-electron chi connectivity index (χ3n) is 12.3. The van der Waals surface area contributed by atoms with Crippen LogP contribution in [0.4, 0.5) is 0 Å². The number of hydrogen-bond donors (Lipinski definition) is 0. The first-order chi connectivity index (χ1) is 36.1. The molecule has 5 rings (SSSR count). The molecule has 0 saturated heterocycles. The van der Waals surface area contributed by atoms with E-state index in [-0.39, 0.29) is 0 Å². The molecule has 5 aromatic carbocycles. The van der Waals surface area contributed by atoms with E-state index < -0.39 is 43.8 Å². The first-order valence-electron chi connectivity index (χ1n) is 27.8. The monoisotopic (exact) mass is 1070 g/mol. The Hall–Kier alpha value is -5.32. The quantitative estimate of drug-likeness (QED) is 0.0166. The molecule has 13 heteroatoms. The number of ether oxygens (including phenoxy) is 5. The molecule has 0 aliphatic carbocycles. The minimum absolute atomic E-state index is 0.300. The van der Waals surface area contributed by atoms with Crippen molar-refractivity contribution in [3.63, 3.8) is 0 Å². The molecular formula is C62H85O10Si3. The van der Waals surface area contributed by atoms with Crippen LogP contribution in [0.1, 0.15) is 160 Å². The highest BCUT2D eigenvalue weighted by Gasteiger charge is 2.29. The van der Waals surface area contributed by atoms with Gasteiger partial charge in [0.05, 0.1) is 29.9 Å². The maximum Gasteiger partial charge on any atom is 0.362 e. The van der Waals surface area contributed by atoms with Crippen LogP contribution >= 0.6 is 0 Å². The van der Waals surface area contributed by atoms with Crippen molar-refractivity contribution in [1.82, 2.24) is 0 Å². The van der Waals surface area contributed by atoms with E-state index in [1.807, 2.05) is 18.2 Å². The Labute approximate surface area is 453 Å². The summed E-state index contributed by atoms with van der Waals surface area (Å²) in [6, 6.07) is 35.7. The summed E-state index contributed by atoms with van der Waals surface area (Å²) in [6.07, 6.45) is 23.6. The zero-order valence-electron chi connectivity index (χ0n) is 46.2. The van der Waals surface area contributed by atoms with Crippen LogP contribution in [0.5, 0.6) is 28.7 Å². The number of benzene rings is 5. The minimum atomic E-state index is -1.59. The van der Waals surface area contributed by atoms with Crippen molar-refractivity contribution in [1.29, 1.82) is 0 Å². The van der Waals surface area contributed by atoms with Crippen molar-refractivity contribution >= 4 is 43.8 Å². The average molecular weight is 1070 g/mol. The van der Waals surface area contributed by atoms with Gasteiger partial charge in [0.15, 0.2) is 16.6 Å². The number of unbranched alkanes of at least 4 members (excludes halogenated alkanes) is 17. The number of carbonyl (C=O) groups excluding carboxylic acids is 3. The highest BCUT2D eigenvalue weighted by molar-refractivity contribution is 6.81. The highest BCUT2D eigenvalue weighted by Crippen LogP contribution is 2.28. The van der Waals surface area contributed by atoms with Crippen molar-refractivity contribution < 1.29 is 46.3 Å². The van der Waals surface area contributed by atoms with Crippen LogP contribution < -0.4 is 23.7 Å². The molecule has 0 aromatic heterocycles. The van der Waals surface area contributed by atoms with E-state index in [1.165, 1.54) is 96.3 Å². The fourth-order valence-electron chi connectivity index (χ4n) is 8.37. The normalized spacial score (nSPS) is 11.6. The van der Waals surface area contributed by atoms with Gasteiger partial charge in [-0.15, -0.1) is 0 Å². The van der Waals surface area contributed by atoms with Gasteiger partial charge in [0.25, 0.3) is 0 Å². The molecule has 0 spiro atoms. The van der Waals surface area contributed by atoms with Gasteiger partial charge in [-0.3, -0.25) is 0 Å². The van der Waals surface area contributed by atoms with Crippen LogP contribution in [0.3, 0.4) is 0 Å². The van der Waals surface area contributed by atoms with Gasteiger partial charge in [0.1, 0.15) is 28.7 Å². The van der Waals surface area contributed by atoms with Crippen molar-refractivity contribution in [2.24, 2.45) is 0 Å². The highest BCUT2D eigenvalue weighted by atomic mass is 28.4. The maximum absolute atomic E-state index is 13.1. The van der Waals surface area contributed by atoms with Gasteiger partial charge in [-0.1, -0.05) is 140 Å². The second-order valence-electron chi connectivity index (χ2n) is 21.4.